The molecule has 6 rings (SSSR count). The number of nitrogens with zero attached hydrogens (tertiary/aromatic N) is 2. The van der Waals surface area contributed by atoms with Gasteiger partial charge in [-0.1, -0.05) is 30.0 Å². The molecule has 3 saturated heterocycles. The third-order valence-electron chi connectivity index (χ3n) is 7.82. The number of hydrogen-bond acceptors (Lipinski definition) is 7. The molecular formula is C28H33N5O4S. The van der Waals surface area contributed by atoms with Crippen LogP contribution >= 0.6 is 11.8 Å². The number of hydrogen-bond donors (Lipinski definition) is 3. The number of nitrogens with one attached hydrogen (secondary N) is 3. The highest BCUT2D eigenvalue weighted by atomic mass is 32.2. The Balaban J connectivity index is 1.25. The minimum absolute atomic E-state index is 0.00341. The largest absolute Gasteiger partial charge is 0.457 e. The average molecular weight is 536 g/mol. The molecule has 0 bridgehead atoms. The van der Waals surface area contributed by atoms with Crippen LogP contribution in [0, 0.1) is 12.8 Å². The monoisotopic (exact) mass is 535 g/mol. The summed E-state index contributed by atoms with van der Waals surface area (Å²) in [4.78, 5) is 31.6. The first kappa shape index (κ1) is 25.2. The molecule has 0 aromatic heterocycles. The maximum Gasteiger partial charge on any atom is 0.326 e. The summed E-state index contributed by atoms with van der Waals surface area (Å²) in [6, 6.07) is 15.1. The topological polar surface area (TPSA) is 95.2 Å². The number of para-hydroxylation sites is 1. The van der Waals surface area contributed by atoms with Gasteiger partial charge in [-0.05, 0) is 62.8 Å². The van der Waals surface area contributed by atoms with Crippen molar-refractivity contribution in [1.82, 2.24) is 20.9 Å². The molecule has 9 nitrogen and oxygen atoms in total. The molecule has 4 heterocycles. The van der Waals surface area contributed by atoms with Crippen LogP contribution in [-0.4, -0.2) is 74.2 Å². The summed E-state index contributed by atoms with van der Waals surface area (Å²) in [5.41, 5.74) is 2.54. The number of amides is 3. The number of anilines is 1. The van der Waals surface area contributed by atoms with E-state index in [0.717, 1.165) is 54.5 Å². The highest BCUT2D eigenvalue weighted by molar-refractivity contribution is 8.04. The van der Waals surface area contributed by atoms with Crippen LogP contribution in [0.25, 0.3) is 0 Å². The lowest BCUT2D eigenvalue weighted by molar-refractivity contribution is -0.118. The highest BCUT2D eigenvalue weighted by Crippen LogP contribution is 2.48. The number of thioether (sulfide) groups is 1. The van der Waals surface area contributed by atoms with E-state index in [9.17, 15) is 9.59 Å². The minimum Gasteiger partial charge on any atom is -0.457 e. The van der Waals surface area contributed by atoms with Crippen LogP contribution in [0.1, 0.15) is 12.0 Å². The maximum absolute atomic E-state index is 13.6. The number of ether oxygens (including phenoxy) is 2. The number of carbonyl (C=O) groups is 2. The fraction of sp³-hybridized carbons (Fsp3) is 0.429. The van der Waals surface area contributed by atoms with Crippen molar-refractivity contribution in [3.05, 3.63) is 64.7 Å². The van der Waals surface area contributed by atoms with Crippen molar-refractivity contribution in [2.75, 3.05) is 38.7 Å². The van der Waals surface area contributed by atoms with Gasteiger partial charge in [-0.3, -0.25) is 9.69 Å². The molecule has 10 heteroatoms. The van der Waals surface area contributed by atoms with Crippen molar-refractivity contribution in [3.63, 3.8) is 0 Å². The van der Waals surface area contributed by atoms with Crippen LogP contribution in [0.5, 0.6) is 11.5 Å². The third-order valence-corrected chi connectivity index (χ3v) is 9.18. The average Bonchev–Trinajstić information content (AvgIpc) is 3.46. The summed E-state index contributed by atoms with van der Waals surface area (Å²) in [7, 11) is 3.70. The Hall–Kier alpha value is -3.05. The van der Waals surface area contributed by atoms with Crippen LogP contribution in [0.15, 0.2) is 59.1 Å². The third kappa shape index (κ3) is 4.55. The quantitative estimate of drug-likeness (QED) is 0.524. The summed E-state index contributed by atoms with van der Waals surface area (Å²) >= 11 is 1.52. The van der Waals surface area contributed by atoms with Gasteiger partial charge in [0.05, 0.1) is 28.5 Å². The molecule has 0 spiro atoms. The number of piperidine rings is 1. The standard InChI is InChI=1S/C28H33N5O4S/c1-16-13-18(37-17-7-5-4-6-8-17)9-10-20(16)33-21-11-12-29-27-23(21)24(31-28(33)35)25(38-27)26(34)30-19-14-32(2)15-22(19)36-3/h4-10,13,19,21-23,27,29H,11-12,14-15H2,1-3H3,(H,30,34)(H,31,35)/t19-,21?,22-,23?,27?/m0/s1. The summed E-state index contributed by atoms with van der Waals surface area (Å²) in [6.45, 7) is 4.28. The molecule has 3 unspecified atom stereocenters. The second-order valence-electron chi connectivity index (χ2n) is 10.4. The predicted octanol–water partition coefficient (Wildman–Crippen LogP) is 3.02. The number of carbonyl (C=O) groups excluding carboxylic acids is 2. The normalized spacial score (nSPS) is 28.8. The molecule has 4 aliphatic rings. The van der Waals surface area contributed by atoms with Crippen molar-refractivity contribution in [1.29, 1.82) is 0 Å². The van der Waals surface area contributed by atoms with E-state index in [1.807, 2.05) is 67.4 Å². The summed E-state index contributed by atoms with van der Waals surface area (Å²) < 4.78 is 11.6. The Bertz CT molecular complexity index is 1270. The lowest BCUT2D eigenvalue weighted by Crippen LogP contribution is -2.62. The van der Waals surface area contributed by atoms with Crippen molar-refractivity contribution in [2.24, 2.45) is 5.92 Å². The summed E-state index contributed by atoms with van der Waals surface area (Å²) in [6.07, 6.45) is 0.747. The number of methoxy groups -OCH3 is 1. The highest BCUT2D eigenvalue weighted by Gasteiger charge is 2.52. The zero-order valence-electron chi connectivity index (χ0n) is 21.8. The van der Waals surface area contributed by atoms with E-state index in [4.69, 9.17) is 9.47 Å². The van der Waals surface area contributed by atoms with Crippen molar-refractivity contribution < 1.29 is 19.1 Å². The molecule has 0 radical (unpaired) electrons. The lowest BCUT2D eigenvalue weighted by atomic mass is 9.86. The van der Waals surface area contributed by atoms with Crippen LogP contribution < -0.4 is 25.6 Å². The van der Waals surface area contributed by atoms with E-state index < -0.39 is 0 Å². The summed E-state index contributed by atoms with van der Waals surface area (Å²) in [5.74, 6) is 1.34. The van der Waals surface area contributed by atoms with E-state index in [2.05, 4.69) is 20.9 Å². The van der Waals surface area contributed by atoms with E-state index in [-0.39, 0.29) is 41.4 Å². The molecule has 4 aliphatic heterocycles. The van der Waals surface area contributed by atoms with Gasteiger partial charge in [0, 0.05) is 37.5 Å². The van der Waals surface area contributed by atoms with Crippen LogP contribution in [-0.2, 0) is 9.53 Å². The second-order valence-corrected chi connectivity index (χ2v) is 11.5. The van der Waals surface area contributed by atoms with Gasteiger partial charge in [0.15, 0.2) is 0 Å². The van der Waals surface area contributed by atoms with Crippen molar-refractivity contribution >= 4 is 29.4 Å². The molecule has 2 aromatic rings. The van der Waals surface area contributed by atoms with Crippen LogP contribution in [0.4, 0.5) is 10.5 Å². The second kappa shape index (κ2) is 10.3. The molecule has 3 N–H and O–H groups in total. The lowest BCUT2D eigenvalue weighted by Gasteiger charge is -2.46. The van der Waals surface area contributed by atoms with Gasteiger partial charge in [-0.15, -0.1) is 0 Å². The molecule has 0 aliphatic carbocycles. The molecule has 0 saturated carbocycles. The zero-order chi connectivity index (χ0) is 26.4. The SMILES string of the molecule is CO[C@H]1CN(C)C[C@@H]1NC(=O)C1=C2NC(=O)N(c3ccc(Oc4ccccc4)cc3C)C3CCNC(S1)C23. The Kier molecular flexibility index (Phi) is 6.81. The van der Waals surface area contributed by atoms with Crippen molar-refractivity contribution in [3.8, 4) is 11.5 Å². The van der Waals surface area contributed by atoms with Crippen molar-refractivity contribution in [2.45, 2.75) is 36.9 Å². The van der Waals surface area contributed by atoms with Gasteiger partial charge >= 0.3 is 6.03 Å². The molecule has 2 aromatic carbocycles. The summed E-state index contributed by atoms with van der Waals surface area (Å²) in [5, 5.41) is 9.86. The molecule has 3 fully saturated rings. The van der Waals surface area contributed by atoms with Gasteiger partial charge in [0.1, 0.15) is 11.5 Å². The molecule has 38 heavy (non-hydrogen) atoms. The Morgan fingerprint density at radius 2 is 1.95 bits per heavy atom. The first-order valence-electron chi connectivity index (χ1n) is 13.0. The molecular weight excluding hydrogens is 502 g/mol. The Labute approximate surface area is 226 Å². The van der Waals surface area contributed by atoms with E-state index in [1.165, 1.54) is 11.8 Å². The Morgan fingerprint density at radius 1 is 1.13 bits per heavy atom. The van der Waals surface area contributed by atoms with Gasteiger partial charge in [0.25, 0.3) is 5.91 Å². The number of likely N-dealkylation sites (tertiary alicyclic amines) is 1. The number of urea groups is 1. The van der Waals surface area contributed by atoms with E-state index in [0.29, 0.717) is 4.91 Å². The first-order chi connectivity index (χ1) is 18.4. The van der Waals surface area contributed by atoms with Crippen LogP contribution in [0.2, 0.25) is 0 Å². The minimum atomic E-state index is -0.204. The Morgan fingerprint density at radius 3 is 2.71 bits per heavy atom. The number of likely N-dealkylation sites (N-methyl/N-ethyl adjacent to an activating group) is 1. The fourth-order valence-electron chi connectivity index (χ4n) is 6.06. The van der Waals surface area contributed by atoms with Gasteiger partial charge < -0.3 is 30.3 Å². The maximum atomic E-state index is 13.6. The number of aryl methyl sites for hydroxylation is 1. The smallest absolute Gasteiger partial charge is 0.326 e. The zero-order valence-corrected chi connectivity index (χ0v) is 22.6. The van der Waals surface area contributed by atoms with Crippen LogP contribution in [0.3, 0.4) is 0 Å². The van der Waals surface area contributed by atoms with Gasteiger partial charge in [-0.2, -0.15) is 0 Å². The number of rotatable bonds is 6. The number of benzene rings is 2. The van der Waals surface area contributed by atoms with E-state index in [1.54, 1.807) is 7.11 Å². The fourth-order valence-corrected chi connectivity index (χ4v) is 7.46. The molecule has 3 amide bonds. The van der Waals surface area contributed by atoms with E-state index >= 15 is 0 Å². The van der Waals surface area contributed by atoms with Gasteiger partial charge in [0.2, 0.25) is 0 Å². The molecule has 5 atom stereocenters. The predicted molar refractivity (Wildman–Crippen MR) is 147 cm³/mol. The first-order valence-corrected chi connectivity index (χ1v) is 13.9. The van der Waals surface area contributed by atoms with Gasteiger partial charge in [-0.25, -0.2) is 4.79 Å². The molecule has 200 valence electrons.